The molecule has 0 amide bonds. The third kappa shape index (κ3) is 5.27. The number of likely N-dealkylation sites (tertiary alicyclic amines) is 1. The summed E-state index contributed by atoms with van der Waals surface area (Å²) in [6, 6.07) is 6.26. The number of aryl methyl sites for hydroxylation is 2. The fourth-order valence-electron chi connectivity index (χ4n) is 2.92. The summed E-state index contributed by atoms with van der Waals surface area (Å²) in [5.74, 6) is 1.03. The zero-order valence-corrected chi connectivity index (χ0v) is 13.9. The number of piperidine rings is 1. The molecule has 1 aromatic carbocycles. The molecule has 4 heteroatoms. The molecule has 124 valence electrons. The highest BCUT2D eigenvalue weighted by Crippen LogP contribution is 2.22. The molecule has 1 aliphatic rings. The van der Waals surface area contributed by atoms with Gasteiger partial charge in [0.25, 0.3) is 0 Å². The predicted molar refractivity (Wildman–Crippen MR) is 88.5 cm³/mol. The smallest absolute Gasteiger partial charge is 0.125 e. The Morgan fingerprint density at radius 2 is 1.82 bits per heavy atom. The van der Waals surface area contributed by atoms with Crippen molar-refractivity contribution in [1.82, 2.24) is 4.90 Å². The molecule has 22 heavy (non-hydrogen) atoms. The number of rotatable bonds is 8. The van der Waals surface area contributed by atoms with Crippen molar-refractivity contribution >= 4 is 0 Å². The van der Waals surface area contributed by atoms with Crippen LogP contribution in [0.15, 0.2) is 18.2 Å². The van der Waals surface area contributed by atoms with Gasteiger partial charge in [0.1, 0.15) is 12.4 Å². The highest BCUT2D eigenvalue weighted by atomic mass is 16.5. The molecule has 0 atom stereocenters. The summed E-state index contributed by atoms with van der Waals surface area (Å²) in [5, 5.41) is 8.77. The Hall–Kier alpha value is -1.10. The number of hydrogen-bond acceptors (Lipinski definition) is 4. The van der Waals surface area contributed by atoms with E-state index in [1.54, 1.807) is 0 Å². The van der Waals surface area contributed by atoms with Gasteiger partial charge in [-0.3, -0.25) is 4.90 Å². The highest BCUT2D eigenvalue weighted by molar-refractivity contribution is 5.39. The Morgan fingerprint density at radius 1 is 1.14 bits per heavy atom. The number of nitrogens with zero attached hydrogens (tertiary/aromatic N) is 1. The summed E-state index contributed by atoms with van der Waals surface area (Å²) >= 11 is 0. The monoisotopic (exact) mass is 307 g/mol. The van der Waals surface area contributed by atoms with E-state index in [0.29, 0.717) is 12.7 Å². The molecule has 1 saturated heterocycles. The third-order valence-electron chi connectivity index (χ3n) is 4.25. The molecule has 1 N–H and O–H groups in total. The summed E-state index contributed by atoms with van der Waals surface area (Å²) in [6.45, 7) is 8.93. The lowest BCUT2D eigenvalue weighted by molar-refractivity contribution is 0.000389. The first-order valence-electron chi connectivity index (χ1n) is 8.34. The van der Waals surface area contributed by atoms with Gasteiger partial charge in [-0.05, 0) is 44.2 Å². The van der Waals surface area contributed by atoms with Crippen LogP contribution in [0.3, 0.4) is 0 Å². The standard InChI is InChI=1S/C18H29NO3/c1-15-5-3-6-16(2)18(15)22-14-11-19-9-7-17(8-10-19)21-13-4-12-20/h3,5-6,17,20H,4,7-14H2,1-2H3. The Balaban J connectivity index is 1.65. The lowest BCUT2D eigenvalue weighted by Gasteiger charge is -2.31. The average molecular weight is 307 g/mol. The largest absolute Gasteiger partial charge is 0.492 e. The van der Waals surface area contributed by atoms with E-state index in [2.05, 4.69) is 36.9 Å². The molecule has 2 rings (SSSR count). The lowest BCUT2D eigenvalue weighted by Crippen LogP contribution is -2.39. The number of para-hydroxylation sites is 1. The van der Waals surface area contributed by atoms with Crippen molar-refractivity contribution in [1.29, 1.82) is 0 Å². The molecule has 0 unspecified atom stereocenters. The van der Waals surface area contributed by atoms with Crippen LogP contribution in [0.4, 0.5) is 0 Å². The van der Waals surface area contributed by atoms with Crippen LogP contribution in [-0.2, 0) is 4.74 Å². The first kappa shape index (κ1) is 17.3. The topological polar surface area (TPSA) is 41.9 Å². The van der Waals surface area contributed by atoms with E-state index in [0.717, 1.165) is 51.3 Å². The van der Waals surface area contributed by atoms with Gasteiger partial charge < -0.3 is 14.6 Å². The first-order valence-corrected chi connectivity index (χ1v) is 8.34. The lowest BCUT2D eigenvalue weighted by atomic mass is 10.1. The molecule has 0 spiro atoms. The summed E-state index contributed by atoms with van der Waals surface area (Å²) < 4.78 is 11.7. The summed E-state index contributed by atoms with van der Waals surface area (Å²) in [6.07, 6.45) is 3.26. The van der Waals surface area contributed by atoms with Crippen molar-refractivity contribution in [3.63, 3.8) is 0 Å². The second-order valence-corrected chi connectivity index (χ2v) is 6.06. The van der Waals surface area contributed by atoms with Gasteiger partial charge in [-0.1, -0.05) is 18.2 Å². The Bertz CT molecular complexity index is 422. The highest BCUT2D eigenvalue weighted by Gasteiger charge is 2.19. The number of hydrogen-bond donors (Lipinski definition) is 1. The summed E-state index contributed by atoms with van der Waals surface area (Å²) in [5.41, 5.74) is 2.41. The Labute approximate surface area is 134 Å². The zero-order valence-electron chi connectivity index (χ0n) is 13.9. The van der Waals surface area contributed by atoms with Gasteiger partial charge in [-0.25, -0.2) is 0 Å². The molecule has 0 saturated carbocycles. The Morgan fingerprint density at radius 3 is 2.45 bits per heavy atom. The molecule has 0 radical (unpaired) electrons. The molecule has 0 bridgehead atoms. The van der Waals surface area contributed by atoms with Crippen molar-refractivity contribution in [2.75, 3.05) is 39.5 Å². The van der Waals surface area contributed by atoms with Gasteiger partial charge in [0.2, 0.25) is 0 Å². The van der Waals surface area contributed by atoms with E-state index >= 15 is 0 Å². The van der Waals surface area contributed by atoms with Gasteiger partial charge in [-0.15, -0.1) is 0 Å². The summed E-state index contributed by atoms with van der Waals surface area (Å²) in [4.78, 5) is 2.44. The van der Waals surface area contributed by atoms with Crippen molar-refractivity contribution in [3.05, 3.63) is 29.3 Å². The maximum Gasteiger partial charge on any atom is 0.125 e. The van der Waals surface area contributed by atoms with E-state index in [-0.39, 0.29) is 6.61 Å². The minimum Gasteiger partial charge on any atom is -0.492 e. The van der Waals surface area contributed by atoms with Crippen LogP contribution in [0.1, 0.15) is 30.4 Å². The van der Waals surface area contributed by atoms with E-state index < -0.39 is 0 Å². The van der Waals surface area contributed by atoms with Gasteiger partial charge in [0.15, 0.2) is 0 Å². The molecule has 1 heterocycles. The van der Waals surface area contributed by atoms with Crippen LogP contribution in [0.2, 0.25) is 0 Å². The molecule has 1 aromatic rings. The van der Waals surface area contributed by atoms with Gasteiger partial charge >= 0.3 is 0 Å². The maximum absolute atomic E-state index is 8.77. The number of aliphatic hydroxyl groups excluding tert-OH is 1. The minimum absolute atomic E-state index is 0.217. The maximum atomic E-state index is 8.77. The summed E-state index contributed by atoms with van der Waals surface area (Å²) in [7, 11) is 0. The van der Waals surface area contributed by atoms with Crippen LogP contribution >= 0.6 is 0 Å². The molecular formula is C18H29NO3. The first-order chi connectivity index (χ1) is 10.7. The van der Waals surface area contributed by atoms with E-state index in [4.69, 9.17) is 14.6 Å². The zero-order chi connectivity index (χ0) is 15.8. The van der Waals surface area contributed by atoms with Gasteiger partial charge in [0.05, 0.1) is 6.10 Å². The molecule has 1 fully saturated rings. The van der Waals surface area contributed by atoms with Crippen LogP contribution in [0, 0.1) is 13.8 Å². The molecule has 1 aliphatic heterocycles. The molecule has 0 aromatic heterocycles. The number of benzene rings is 1. The normalized spacial score (nSPS) is 16.9. The van der Waals surface area contributed by atoms with Crippen molar-refractivity contribution in [2.24, 2.45) is 0 Å². The second kappa shape index (κ2) is 9.13. The van der Waals surface area contributed by atoms with E-state index in [9.17, 15) is 0 Å². The van der Waals surface area contributed by atoms with E-state index in [1.807, 2.05) is 0 Å². The number of ether oxygens (including phenoxy) is 2. The predicted octanol–water partition coefficient (Wildman–Crippen LogP) is 2.55. The van der Waals surface area contributed by atoms with Crippen LogP contribution < -0.4 is 4.74 Å². The quantitative estimate of drug-likeness (QED) is 0.750. The average Bonchev–Trinajstić information content (AvgIpc) is 2.52. The third-order valence-corrected chi connectivity index (χ3v) is 4.25. The minimum atomic E-state index is 0.217. The van der Waals surface area contributed by atoms with Crippen LogP contribution in [0.5, 0.6) is 5.75 Å². The van der Waals surface area contributed by atoms with Gasteiger partial charge in [0, 0.05) is 32.8 Å². The second-order valence-electron chi connectivity index (χ2n) is 6.06. The van der Waals surface area contributed by atoms with Crippen molar-refractivity contribution < 1.29 is 14.6 Å². The van der Waals surface area contributed by atoms with Crippen molar-refractivity contribution in [3.8, 4) is 5.75 Å². The van der Waals surface area contributed by atoms with Gasteiger partial charge in [-0.2, -0.15) is 0 Å². The SMILES string of the molecule is Cc1cccc(C)c1OCCN1CCC(OCCCO)CC1. The fourth-order valence-corrected chi connectivity index (χ4v) is 2.92. The molecular weight excluding hydrogens is 278 g/mol. The van der Waals surface area contributed by atoms with Crippen LogP contribution in [0.25, 0.3) is 0 Å². The van der Waals surface area contributed by atoms with Crippen LogP contribution in [-0.4, -0.2) is 55.6 Å². The van der Waals surface area contributed by atoms with Crippen molar-refractivity contribution in [2.45, 2.75) is 39.2 Å². The van der Waals surface area contributed by atoms with E-state index in [1.165, 1.54) is 11.1 Å². The molecule has 4 nitrogen and oxygen atoms in total. The Kier molecular flexibility index (Phi) is 7.16. The fraction of sp³-hybridized carbons (Fsp3) is 0.667. The molecule has 0 aliphatic carbocycles. The number of aliphatic hydroxyl groups is 1.